The van der Waals surface area contributed by atoms with Gasteiger partial charge in [0.1, 0.15) is 11.5 Å². The van der Waals surface area contributed by atoms with Gasteiger partial charge in [-0.25, -0.2) is 9.97 Å². The Labute approximate surface area is 182 Å². The van der Waals surface area contributed by atoms with Crippen molar-refractivity contribution in [3.8, 4) is 0 Å². The van der Waals surface area contributed by atoms with E-state index in [2.05, 4.69) is 41.7 Å². The molecule has 1 amide bonds. The molecule has 7 heteroatoms. The number of hydrogen-bond donors (Lipinski definition) is 1. The maximum atomic E-state index is 13.1. The van der Waals surface area contributed by atoms with Gasteiger partial charge in [0.25, 0.3) is 0 Å². The smallest absolute Gasteiger partial charge is 0.227 e. The number of anilines is 1. The molecule has 160 valence electrons. The number of rotatable bonds is 4. The van der Waals surface area contributed by atoms with Gasteiger partial charge in [-0.2, -0.15) is 0 Å². The Kier molecular flexibility index (Phi) is 5.57. The van der Waals surface area contributed by atoms with Crippen molar-refractivity contribution in [1.29, 1.82) is 0 Å². The van der Waals surface area contributed by atoms with E-state index in [9.17, 15) is 4.79 Å². The molecule has 1 fully saturated rings. The van der Waals surface area contributed by atoms with Gasteiger partial charge in [0, 0.05) is 35.6 Å². The third-order valence-electron chi connectivity index (χ3n) is 5.52. The number of pyridine rings is 1. The predicted octanol–water partition coefficient (Wildman–Crippen LogP) is 4.57. The van der Waals surface area contributed by atoms with Crippen molar-refractivity contribution >= 4 is 28.7 Å². The lowest BCUT2D eigenvalue weighted by Crippen LogP contribution is -2.40. The minimum atomic E-state index is -0.0771. The van der Waals surface area contributed by atoms with Gasteiger partial charge in [0.05, 0.1) is 22.8 Å². The number of aromatic nitrogens is 3. The highest BCUT2D eigenvalue weighted by Crippen LogP contribution is 2.34. The van der Waals surface area contributed by atoms with Gasteiger partial charge < -0.3 is 10.2 Å². The molecule has 4 heterocycles. The molecule has 3 aromatic rings. The minimum Gasteiger partial charge on any atom is -0.365 e. The topological polar surface area (TPSA) is 62.5 Å². The van der Waals surface area contributed by atoms with Gasteiger partial charge in [-0.05, 0) is 59.6 Å². The van der Waals surface area contributed by atoms with Crippen LogP contribution in [-0.4, -0.2) is 43.8 Å². The first kappa shape index (κ1) is 20.8. The third kappa shape index (κ3) is 4.36. The van der Waals surface area contributed by atoms with Gasteiger partial charge >= 0.3 is 0 Å². The highest BCUT2D eigenvalue weighted by atomic mass is 32.1. The first-order chi connectivity index (χ1) is 14.2. The van der Waals surface area contributed by atoms with Crippen LogP contribution in [0.25, 0.3) is 5.65 Å². The lowest BCUT2D eigenvalue weighted by molar-refractivity contribution is -0.131. The average molecular weight is 426 g/mol. The van der Waals surface area contributed by atoms with Crippen molar-refractivity contribution in [3.05, 3.63) is 45.7 Å². The number of carbonyl (C=O) groups is 1. The van der Waals surface area contributed by atoms with Crippen LogP contribution in [0, 0.1) is 13.8 Å². The van der Waals surface area contributed by atoms with Crippen LogP contribution in [0.1, 0.15) is 60.8 Å². The highest BCUT2D eigenvalue weighted by molar-refractivity contribution is 7.11. The lowest BCUT2D eigenvalue weighted by atomic mass is 9.94. The van der Waals surface area contributed by atoms with E-state index in [1.54, 1.807) is 11.3 Å². The number of nitrogens with zero attached hydrogens (tertiary/aromatic N) is 4. The zero-order valence-corrected chi connectivity index (χ0v) is 19.3. The Morgan fingerprint density at radius 3 is 2.77 bits per heavy atom. The Morgan fingerprint density at radius 1 is 1.27 bits per heavy atom. The van der Waals surface area contributed by atoms with Crippen LogP contribution in [0.2, 0.25) is 0 Å². The van der Waals surface area contributed by atoms with Crippen LogP contribution in [0.4, 0.5) is 5.82 Å². The lowest BCUT2D eigenvalue weighted by Gasteiger charge is -2.33. The van der Waals surface area contributed by atoms with Gasteiger partial charge in [0.15, 0.2) is 0 Å². The SMILES string of the molecule is Cc1nc(C)c(CC(=O)N2CCC[C@@H](c3nc4ccccn4c3NC(C)(C)C)C2)s1. The zero-order valence-electron chi connectivity index (χ0n) is 18.5. The van der Waals surface area contributed by atoms with E-state index in [1.165, 1.54) is 0 Å². The fraction of sp³-hybridized carbons (Fsp3) is 0.522. The number of carbonyl (C=O) groups excluding carboxylic acids is 1. The highest BCUT2D eigenvalue weighted by Gasteiger charge is 2.30. The normalized spacial score (nSPS) is 17.5. The summed E-state index contributed by atoms with van der Waals surface area (Å²) in [5.74, 6) is 1.48. The second-order valence-electron chi connectivity index (χ2n) is 9.25. The first-order valence-electron chi connectivity index (χ1n) is 10.7. The average Bonchev–Trinajstić information content (AvgIpc) is 3.20. The van der Waals surface area contributed by atoms with Crippen molar-refractivity contribution < 1.29 is 4.79 Å². The van der Waals surface area contributed by atoms with E-state index < -0.39 is 0 Å². The summed E-state index contributed by atoms with van der Waals surface area (Å²) in [6.07, 6.45) is 4.55. The van der Waals surface area contributed by atoms with Crippen LogP contribution < -0.4 is 5.32 Å². The number of thiazole rings is 1. The molecule has 1 saturated heterocycles. The molecule has 1 aliphatic heterocycles. The summed E-state index contributed by atoms with van der Waals surface area (Å²) in [6, 6.07) is 6.09. The second-order valence-corrected chi connectivity index (χ2v) is 10.5. The summed E-state index contributed by atoms with van der Waals surface area (Å²) >= 11 is 1.63. The molecule has 6 nitrogen and oxygen atoms in total. The van der Waals surface area contributed by atoms with E-state index in [1.807, 2.05) is 36.9 Å². The number of hydrogen-bond acceptors (Lipinski definition) is 5. The molecule has 0 unspecified atom stereocenters. The Bertz CT molecular complexity index is 1060. The Hall–Kier alpha value is -2.41. The summed E-state index contributed by atoms with van der Waals surface area (Å²) in [7, 11) is 0. The molecule has 0 aromatic carbocycles. The fourth-order valence-corrected chi connectivity index (χ4v) is 5.12. The van der Waals surface area contributed by atoms with Crippen LogP contribution in [0.15, 0.2) is 24.4 Å². The molecule has 1 N–H and O–H groups in total. The third-order valence-corrected chi connectivity index (χ3v) is 6.60. The number of likely N-dealkylation sites (tertiary alicyclic amines) is 1. The van der Waals surface area contributed by atoms with Crippen LogP contribution in [0.3, 0.4) is 0 Å². The zero-order chi connectivity index (χ0) is 21.5. The Balaban J connectivity index is 1.58. The van der Waals surface area contributed by atoms with Crippen LogP contribution >= 0.6 is 11.3 Å². The standard InChI is InChI=1S/C23H31N5OS/c1-15-18(30-16(2)24-15)13-20(29)27-11-8-9-17(14-27)21-22(26-23(3,4)5)28-12-7-6-10-19(28)25-21/h6-7,10,12,17,26H,8-9,11,13-14H2,1-5H3/t17-/m1/s1. The van der Waals surface area contributed by atoms with Gasteiger partial charge in [-0.15, -0.1) is 11.3 Å². The number of imidazole rings is 1. The van der Waals surface area contributed by atoms with Crippen molar-refractivity contribution in [2.45, 2.75) is 65.3 Å². The second kappa shape index (κ2) is 8.02. The quantitative estimate of drug-likeness (QED) is 0.665. The molecule has 0 bridgehead atoms. The van der Waals surface area contributed by atoms with Crippen molar-refractivity contribution in [2.24, 2.45) is 0 Å². The number of aryl methyl sites for hydroxylation is 2. The molecule has 1 aliphatic rings. The molecule has 30 heavy (non-hydrogen) atoms. The predicted molar refractivity (Wildman–Crippen MR) is 122 cm³/mol. The largest absolute Gasteiger partial charge is 0.365 e. The van der Waals surface area contributed by atoms with Crippen LogP contribution in [0.5, 0.6) is 0 Å². The van der Waals surface area contributed by atoms with Crippen molar-refractivity contribution in [3.63, 3.8) is 0 Å². The van der Waals surface area contributed by atoms with E-state index in [-0.39, 0.29) is 17.4 Å². The fourth-order valence-electron chi connectivity index (χ4n) is 4.19. The number of amides is 1. The van der Waals surface area contributed by atoms with E-state index in [0.29, 0.717) is 6.42 Å². The van der Waals surface area contributed by atoms with E-state index in [4.69, 9.17) is 4.98 Å². The molecular formula is C23H31N5OS. The molecule has 0 radical (unpaired) electrons. The van der Waals surface area contributed by atoms with Gasteiger partial charge in [0.2, 0.25) is 5.91 Å². The summed E-state index contributed by atoms with van der Waals surface area (Å²) < 4.78 is 2.13. The summed E-state index contributed by atoms with van der Waals surface area (Å²) in [4.78, 5) is 25.6. The first-order valence-corrected chi connectivity index (χ1v) is 11.5. The number of nitrogens with one attached hydrogen (secondary N) is 1. The molecule has 4 rings (SSSR count). The van der Waals surface area contributed by atoms with Crippen LogP contribution in [-0.2, 0) is 11.2 Å². The molecule has 0 spiro atoms. The molecule has 0 saturated carbocycles. The summed E-state index contributed by atoms with van der Waals surface area (Å²) in [6.45, 7) is 12.0. The summed E-state index contributed by atoms with van der Waals surface area (Å²) in [5, 5.41) is 4.68. The van der Waals surface area contributed by atoms with E-state index in [0.717, 1.165) is 58.7 Å². The van der Waals surface area contributed by atoms with Gasteiger partial charge in [-0.3, -0.25) is 9.20 Å². The summed E-state index contributed by atoms with van der Waals surface area (Å²) in [5.41, 5.74) is 2.92. The molecular weight excluding hydrogens is 394 g/mol. The number of piperidine rings is 1. The van der Waals surface area contributed by atoms with Crippen molar-refractivity contribution in [1.82, 2.24) is 19.3 Å². The molecule has 3 aromatic heterocycles. The van der Waals surface area contributed by atoms with E-state index >= 15 is 0 Å². The van der Waals surface area contributed by atoms with Crippen molar-refractivity contribution in [2.75, 3.05) is 18.4 Å². The molecule has 1 atom stereocenters. The maximum absolute atomic E-state index is 13.1. The monoisotopic (exact) mass is 425 g/mol. The Morgan fingerprint density at radius 2 is 2.07 bits per heavy atom. The maximum Gasteiger partial charge on any atom is 0.227 e. The van der Waals surface area contributed by atoms with Gasteiger partial charge in [-0.1, -0.05) is 6.07 Å². The number of fused-ring (bicyclic) bond motifs is 1. The molecule has 0 aliphatic carbocycles. The minimum absolute atomic E-state index is 0.0771.